The second kappa shape index (κ2) is 8.67. The molecule has 1 N–H and O–H groups in total. The average molecular weight is 467 g/mol. The number of rotatable bonds is 3. The van der Waals surface area contributed by atoms with Crippen LogP contribution in [-0.2, 0) is 23.9 Å². The molecule has 4 aliphatic heterocycles. The Labute approximate surface area is 198 Å². The van der Waals surface area contributed by atoms with Crippen LogP contribution in [-0.4, -0.2) is 71.8 Å². The van der Waals surface area contributed by atoms with Gasteiger partial charge < -0.3 is 24.4 Å². The SMILES string of the molecule is Cc1cccc(C)c1N1CC=C[C@]23O[C@@H]4/C=C\CCCOC(=O)[C@@H]4[C@H]2C(=O)N(CCO)C3C1=O. The minimum absolute atomic E-state index is 0.0203. The van der Waals surface area contributed by atoms with Gasteiger partial charge in [-0.15, -0.1) is 0 Å². The van der Waals surface area contributed by atoms with E-state index < -0.39 is 35.6 Å². The van der Waals surface area contributed by atoms with Crippen molar-refractivity contribution in [2.24, 2.45) is 11.8 Å². The molecule has 1 spiro atoms. The molecule has 2 amide bonds. The molecule has 2 fully saturated rings. The normalized spacial score (nSPS) is 33.9. The van der Waals surface area contributed by atoms with Gasteiger partial charge in [-0.3, -0.25) is 14.4 Å². The number of ether oxygens (including phenoxy) is 2. The Balaban J connectivity index is 1.63. The van der Waals surface area contributed by atoms with E-state index in [9.17, 15) is 19.5 Å². The topological polar surface area (TPSA) is 96.4 Å². The predicted molar refractivity (Wildman–Crippen MR) is 124 cm³/mol. The molecule has 0 aliphatic carbocycles. The number of allylic oxidation sites excluding steroid dienone is 1. The lowest BCUT2D eigenvalue weighted by Crippen LogP contribution is -2.56. The zero-order valence-corrected chi connectivity index (χ0v) is 19.5. The van der Waals surface area contributed by atoms with Gasteiger partial charge in [0.25, 0.3) is 5.91 Å². The molecular formula is C26H30N2O6. The van der Waals surface area contributed by atoms with Gasteiger partial charge in [0.05, 0.1) is 25.2 Å². The molecule has 0 radical (unpaired) electrons. The number of carbonyl (C=O) groups is 3. The number of aliphatic hydroxyl groups is 1. The van der Waals surface area contributed by atoms with Crippen molar-refractivity contribution in [2.45, 2.75) is 44.4 Å². The van der Waals surface area contributed by atoms with Crippen LogP contribution in [0.15, 0.2) is 42.5 Å². The number of fused-ring (bicyclic) bond motifs is 2. The second-order valence-corrected chi connectivity index (χ2v) is 9.43. The van der Waals surface area contributed by atoms with Crippen molar-refractivity contribution in [3.8, 4) is 0 Å². The summed E-state index contributed by atoms with van der Waals surface area (Å²) < 4.78 is 12.0. The van der Waals surface area contributed by atoms with Crippen LogP contribution in [0.2, 0.25) is 0 Å². The van der Waals surface area contributed by atoms with Gasteiger partial charge in [-0.25, -0.2) is 0 Å². The lowest BCUT2D eigenvalue weighted by atomic mass is 9.78. The molecule has 1 aromatic rings. The minimum Gasteiger partial charge on any atom is -0.465 e. The molecule has 5 rings (SSSR count). The van der Waals surface area contributed by atoms with Crippen LogP contribution in [0.25, 0.3) is 0 Å². The summed E-state index contributed by atoms with van der Waals surface area (Å²) in [5, 5.41) is 9.75. The summed E-state index contributed by atoms with van der Waals surface area (Å²) in [6.07, 6.45) is 8.21. The van der Waals surface area contributed by atoms with E-state index >= 15 is 0 Å². The van der Waals surface area contributed by atoms with Gasteiger partial charge in [0.15, 0.2) is 0 Å². The van der Waals surface area contributed by atoms with Gasteiger partial charge >= 0.3 is 5.97 Å². The number of benzene rings is 1. The van der Waals surface area contributed by atoms with Crippen molar-refractivity contribution in [1.82, 2.24) is 4.90 Å². The third kappa shape index (κ3) is 3.31. The molecule has 1 aromatic carbocycles. The standard InChI is InChI=1S/C26H30N2O6/c1-16-8-6-9-17(2)21(16)27-12-7-11-26-20(23(30)28(13-14-29)22(26)24(27)31)19-18(34-26)10-4-3-5-15-33-25(19)32/h4,6-11,18-20,22,29H,3,5,12-15H2,1-2H3/b10-4-/t18-,19+,20+,22?,26+/m1/s1. The van der Waals surface area contributed by atoms with E-state index in [0.29, 0.717) is 13.0 Å². The fourth-order valence-corrected chi connectivity index (χ4v) is 6.03. The molecule has 34 heavy (non-hydrogen) atoms. The average Bonchev–Trinajstić information content (AvgIpc) is 3.20. The number of hydrogen-bond donors (Lipinski definition) is 1. The van der Waals surface area contributed by atoms with Crippen LogP contribution in [0.1, 0.15) is 24.0 Å². The van der Waals surface area contributed by atoms with E-state index in [1.54, 1.807) is 11.0 Å². The maximum Gasteiger partial charge on any atom is 0.312 e. The second-order valence-electron chi connectivity index (χ2n) is 9.43. The molecule has 180 valence electrons. The molecule has 0 aromatic heterocycles. The van der Waals surface area contributed by atoms with Crippen molar-refractivity contribution < 1.29 is 29.0 Å². The van der Waals surface area contributed by atoms with Crippen LogP contribution >= 0.6 is 0 Å². The van der Waals surface area contributed by atoms with Gasteiger partial charge in [-0.2, -0.15) is 0 Å². The molecular weight excluding hydrogens is 436 g/mol. The summed E-state index contributed by atoms with van der Waals surface area (Å²) in [4.78, 5) is 44.1. The van der Waals surface area contributed by atoms with Gasteiger partial charge in [0.2, 0.25) is 5.91 Å². The Morgan fingerprint density at radius 2 is 1.88 bits per heavy atom. The number of hydrogen-bond acceptors (Lipinski definition) is 6. The highest BCUT2D eigenvalue weighted by Crippen LogP contribution is 2.53. The van der Waals surface area contributed by atoms with Gasteiger partial charge in [0, 0.05) is 18.8 Å². The number of cyclic esters (lactones) is 1. The fraction of sp³-hybridized carbons (Fsp3) is 0.500. The van der Waals surface area contributed by atoms with E-state index in [2.05, 4.69) is 0 Å². The summed E-state index contributed by atoms with van der Waals surface area (Å²) in [6.45, 7) is 4.17. The zero-order chi connectivity index (χ0) is 24.0. The Morgan fingerprint density at radius 1 is 1.12 bits per heavy atom. The van der Waals surface area contributed by atoms with E-state index in [-0.39, 0.29) is 31.6 Å². The third-order valence-corrected chi connectivity index (χ3v) is 7.40. The first-order chi connectivity index (χ1) is 16.4. The van der Waals surface area contributed by atoms with Crippen molar-refractivity contribution in [3.63, 3.8) is 0 Å². The van der Waals surface area contributed by atoms with Crippen LogP contribution in [0, 0.1) is 25.7 Å². The van der Waals surface area contributed by atoms with Crippen LogP contribution < -0.4 is 4.90 Å². The number of β-amino-alcohol motifs (C(OH)–C–C–N with tert-alkyl or cyclic N) is 1. The third-order valence-electron chi connectivity index (χ3n) is 7.40. The van der Waals surface area contributed by atoms with Crippen molar-refractivity contribution in [3.05, 3.63) is 53.6 Å². The number of nitrogens with zero attached hydrogens (tertiary/aromatic N) is 2. The molecule has 0 saturated carbocycles. The van der Waals surface area contributed by atoms with Crippen molar-refractivity contribution >= 4 is 23.5 Å². The number of aliphatic hydroxyl groups excluding tert-OH is 1. The predicted octanol–water partition coefficient (Wildman–Crippen LogP) is 1.67. The fourth-order valence-electron chi connectivity index (χ4n) is 6.03. The number of aryl methyl sites for hydroxylation is 2. The Kier molecular flexibility index (Phi) is 5.81. The smallest absolute Gasteiger partial charge is 0.312 e. The Hall–Kier alpha value is -2.97. The Morgan fingerprint density at radius 3 is 2.62 bits per heavy atom. The molecule has 4 heterocycles. The van der Waals surface area contributed by atoms with E-state index in [1.165, 1.54) is 4.90 Å². The van der Waals surface area contributed by atoms with Crippen LogP contribution in [0.5, 0.6) is 0 Å². The number of anilines is 1. The first-order valence-corrected chi connectivity index (χ1v) is 11.9. The lowest BCUT2D eigenvalue weighted by molar-refractivity contribution is -0.154. The van der Waals surface area contributed by atoms with Gasteiger partial charge in [-0.05, 0) is 37.8 Å². The first kappa shape index (κ1) is 22.8. The highest BCUT2D eigenvalue weighted by atomic mass is 16.6. The lowest BCUT2D eigenvalue weighted by Gasteiger charge is -2.35. The molecule has 5 atom stereocenters. The number of carbonyl (C=O) groups excluding carboxylic acids is 3. The van der Waals surface area contributed by atoms with Gasteiger partial charge in [-0.1, -0.05) is 42.5 Å². The van der Waals surface area contributed by atoms with E-state index in [1.807, 2.05) is 50.3 Å². The van der Waals surface area contributed by atoms with Crippen molar-refractivity contribution in [2.75, 3.05) is 31.2 Å². The summed E-state index contributed by atoms with van der Waals surface area (Å²) in [5.74, 6) is -2.87. The maximum atomic E-state index is 14.2. The monoisotopic (exact) mass is 466 g/mol. The molecule has 1 unspecified atom stereocenters. The number of para-hydroxylation sites is 1. The largest absolute Gasteiger partial charge is 0.465 e. The summed E-state index contributed by atoms with van der Waals surface area (Å²) in [5.41, 5.74) is 1.38. The molecule has 0 bridgehead atoms. The number of amides is 2. The summed E-state index contributed by atoms with van der Waals surface area (Å²) >= 11 is 0. The number of likely N-dealkylation sites (tertiary alicyclic amines) is 1. The number of esters is 1. The van der Waals surface area contributed by atoms with E-state index in [0.717, 1.165) is 23.2 Å². The Bertz CT molecular complexity index is 1060. The highest BCUT2D eigenvalue weighted by molar-refractivity contribution is 6.06. The first-order valence-electron chi connectivity index (χ1n) is 11.9. The quantitative estimate of drug-likeness (QED) is 0.538. The highest BCUT2D eigenvalue weighted by Gasteiger charge is 2.71. The molecule has 8 nitrogen and oxygen atoms in total. The zero-order valence-electron chi connectivity index (χ0n) is 19.5. The minimum atomic E-state index is -1.31. The van der Waals surface area contributed by atoms with Crippen LogP contribution in [0.3, 0.4) is 0 Å². The summed E-state index contributed by atoms with van der Waals surface area (Å²) in [6, 6.07) is 4.85. The molecule has 2 saturated heterocycles. The van der Waals surface area contributed by atoms with Crippen LogP contribution in [0.4, 0.5) is 5.69 Å². The van der Waals surface area contributed by atoms with Crippen molar-refractivity contribution in [1.29, 1.82) is 0 Å². The molecule has 4 aliphatic rings. The molecule has 8 heteroatoms. The maximum absolute atomic E-state index is 14.2. The van der Waals surface area contributed by atoms with Gasteiger partial charge in [0.1, 0.15) is 17.6 Å². The summed E-state index contributed by atoms with van der Waals surface area (Å²) in [7, 11) is 0. The van der Waals surface area contributed by atoms with E-state index in [4.69, 9.17) is 9.47 Å².